The van der Waals surface area contributed by atoms with E-state index in [1.54, 1.807) is 6.92 Å². The van der Waals surface area contributed by atoms with Gasteiger partial charge in [0.25, 0.3) is 0 Å². The van der Waals surface area contributed by atoms with E-state index in [4.69, 9.17) is 20.3 Å². The summed E-state index contributed by atoms with van der Waals surface area (Å²) in [4.78, 5) is 12.1. The van der Waals surface area contributed by atoms with Crippen LogP contribution >= 0.6 is 0 Å². The highest BCUT2D eigenvalue weighted by Crippen LogP contribution is 2.34. The number of anilines is 1. The topological polar surface area (TPSA) is 129 Å². The third kappa shape index (κ3) is 2.25. The van der Waals surface area contributed by atoms with Gasteiger partial charge in [-0.05, 0) is 6.92 Å². The summed E-state index contributed by atoms with van der Waals surface area (Å²) < 4.78 is 26.2. The van der Waals surface area contributed by atoms with Gasteiger partial charge in [0, 0.05) is 0 Å². The van der Waals surface area contributed by atoms with Crippen LogP contribution in [0.5, 0.6) is 5.88 Å². The molecule has 0 spiro atoms. The number of aromatic nitrogens is 4. The third-order valence-electron chi connectivity index (χ3n) is 3.44. The van der Waals surface area contributed by atoms with Gasteiger partial charge in [-0.2, -0.15) is 9.97 Å². The van der Waals surface area contributed by atoms with Crippen LogP contribution in [-0.4, -0.2) is 61.3 Å². The van der Waals surface area contributed by atoms with E-state index < -0.39 is 31.2 Å². The lowest BCUT2D eigenvalue weighted by Crippen LogP contribution is -2.30. The minimum absolute atomic E-state index is 0.0506. The average Bonchev–Trinajstić information content (AvgIpc) is 3.02. The van der Waals surface area contributed by atoms with Crippen LogP contribution in [0.2, 0.25) is 0 Å². The van der Waals surface area contributed by atoms with Gasteiger partial charge in [-0.1, -0.05) is 0 Å². The van der Waals surface area contributed by atoms with Gasteiger partial charge in [-0.3, -0.25) is 4.57 Å². The molecule has 4 N–H and O–H groups in total. The first-order valence-corrected chi connectivity index (χ1v) is 6.78. The normalized spacial score (nSPS) is 28.4. The van der Waals surface area contributed by atoms with Gasteiger partial charge in [-0.15, -0.1) is 0 Å². The van der Waals surface area contributed by atoms with Gasteiger partial charge in [0.05, 0.1) is 19.5 Å². The second kappa shape index (κ2) is 5.63. The fraction of sp³-hybridized carbons (Fsp3) is 0.583. The highest BCUT2D eigenvalue weighted by molar-refractivity contribution is 5.77. The Morgan fingerprint density at radius 3 is 2.91 bits per heavy atom. The fourth-order valence-corrected chi connectivity index (χ4v) is 2.41. The minimum Gasteiger partial charge on any atom is -0.476 e. The molecule has 9 nitrogen and oxygen atoms in total. The Kier molecular flexibility index (Phi) is 3.81. The molecule has 1 aliphatic heterocycles. The SMILES string of the molecule is CCOc1nc(N)nc2c1ncn2[C@@H]1O[C@H](CO)[C@@H](O)[C@H]1F. The zero-order valence-electron chi connectivity index (χ0n) is 11.8. The van der Waals surface area contributed by atoms with Gasteiger partial charge in [0.1, 0.15) is 12.2 Å². The van der Waals surface area contributed by atoms with E-state index in [9.17, 15) is 9.50 Å². The maximum atomic E-state index is 14.2. The van der Waals surface area contributed by atoms with Gasteiger partial charge in [0.15, 0.2) is 23.6 Å². The van der Waals surface area contributed by atoms with Crippen molar-refractivity contribution in [2.75, 3.05) is 18.9 Å². The van der Waals surface area contributed by atoms with Crippen LogP contribution < -0.4 is 10.5 Å². The molecule has 0 unspecified atom stereocenters. The van der Waals surface area contributed by atoms with Gasteiger partial charge in [0.2, 0.25) is 11.8 Å². The molecule has 1 aliphatic rings. The Labute approximate surface area is 124 Å². The zero-order valence-corrected chi connectivity index (χ0v) is 11.8. The molecule has 4 atom stereocenters. The van der Waals surface area contributed by atoms with Crippen molar-refractivity contribution in [2.45, 2.75) is 31.5 Å². The Bertz CT molecular complexity index is 681. The summed E-state index contributed by atoms with van der Waals surface area (Å²) in [6, 6.07) is 0. The Balaban J connectivity index is 2.05. The molecule has 1 fully saturated rings. The van der Waals surface area contributed by atoms with Crippen molar-refractivity contribution in [3.8, 4) is 5.88 Å². The molecular weight excluding hydrogens is 297 g/mol. The molecule has 2 aromatic rings. The summed E-state index contributed by atoms with van der Waals surface area (Å²) in [7, 11) is 0. The number of aliphatic hydroxyl groups is 2. The second-order valence-corrected chi connectivity index (χ2v) is 4.83. The summed E-state index contributed by atoms with van der Waals surface area (Å²) in [6.45, 7) is 1.64. The third-order valence-corrected chi connectivity index (χ3v) is 3.44. The van der Waals surface area contributed by atoms with Crippen molar-refractivity contribution in [1.82, 2.24) is 19.5 Å². The molecule has 3 rings (SSSR count). The molecule has 120 valence electrons. The van der Waals surface area contributed by atoms with Crippen molar-refractivity contribution < 1.29 is 24.1 Å². The van der Waals surface area contributed by atoms with Crippen molar-refractivity contribution in [2.24, 2.45) is 0 Å². The number of hydrogen-bond donors (Lipinski definition) is 3. The smallest absolute Gasteiger partial charge is 0.247 e. The maximum absolute atomic E-state index is 14.2. The number of aliphatic hydroxyl groups excluding tert-OH is 2. The standard InChI is InChI=1S/C12H16FN5O4/c1-2-21-10-7-9(16-12(14)17-10)18(4-15-7)11-6(13)8(20)5(3-19)22-11/h4-6,8,11,19-20H,2-3H2,1H3,(H2,14,16,17)/t5-,6-,8-,11-/m1/s1. The van der Waals surface area contributed by atoms with E-state index in [-0.39, 0.29) is 17.5 Å². The van der Waals surface area contributed by atoms with Crippen molar-refractivity contribution in [1.29, 1.82) is 0 Å². The summed E-state index contributed by atoms with van der Waals surface area (Å²) in [5, 5.41) is 18.8. The van der Waals surface area contributed by atoms with Crippen LogP contribution in [0.1, 0.15) is 13.2 Å². The number of rotatable bonds is 4. The Morgan fingerprint density at radius 2 is 2.27 bits per heavy atom. The molecule has 3 heterocycles. The zero-order chi connectivity index (χ0) is 15.9. The van der Waals surface area contributed by atoms with Crippen LogP contribution in [-0.2, 0) is 4.74 Å². The molecule has 0 bridgehead atoms. The number of fused-ring (bicyclic) bond motifs is 1. The molecule has 0 radical (unpaired) electrons. The largest absolute Gasteiger partial charge is 0.476 e. The van der Waals surface area contributed by atoms with Crippen LogP contribution in [0.15, 0.2) is 6.33 Å². The highest BCUT2D eigenvalue weighted by Gasteiger charge is 2.45. The molecule has 0 saturated carbocycles. The monoisotopic (exact) mass is 313 g/mol. The lowest BCUT2D eigenvalue weighted by Gasteiger charge is -2.15. The van der Waals surface area contributed by atoms with E-state index >= 15 is 0 Å². The molecule has 0 aliphatic carbocycles. The average molecular weight is 313 g/mol. The fourth-order valence-electron chi connectivity index (χ4n) is 2.41. The predicted molar refractivity (Wildman–Crippen MR) is 72.8 cm³/mol. The van der Waals surface area contributed by atoms with E-state index in [1.807, 2.05) is 0 Å². The highest BCUT2D eigenvalue weighted by atomic mass is 19.1. The number of nitrogens with two attached hydrogens (primary N) is 1. The number of nitrogen functional groups attached to an aromatic ring is 1. The Morgan fingerprint density at radius 1 is 1.50 bits per heavy atom. The first-order valence-electron chi connectivity index (χ1n) is 6.78. The number of ether oxygens (including phenoxy) is 2. The minimum atomic E-state index is -1.73. The van der Waals surface area contributed by atoms with Crippen LogP contribution in [0.25, 0.3) is 11.2 Å². The lowest BCUT2D eigenvalue weighted by molar-refractivity contribution is -0.0459. The van der Waals surface area contributed by atoms with Crippen molar-refractivity contribution in [3.05, 3.63) is 6.33 Å². The van der Waals surface area contributed by atoms with E-state index in [2.05, 4.69) is 15.0 Å². The summed E-state index contributed by atoms with van der Waals surface area (Å²) >= 11 is 0. The molecular formula is C12H16FN5O4. The van der Waals surface area contributed by atoms with Crippen molar-refractivity contribution >= 4 is 17.1 Å². The number of nitrogens with zero attached hydrogens (tertiary/aromatic N) is 4. The van der Waals surface area contributed by atoms with Crippen molar-refractivity contribution in [3.63, 3.8) is 0 Å². The molecule has 22 heavy (non-hydrogen) atoms. The summed E-state index contributed by atoms with van der Waals surface area (Å²) in [5.41, 5.74) is 6.17. The molecule has 0 aromatic carbocycles. The molecule has 0 amide bonds. The van der Waals surface area contributed by atoms with Crippen LogP contribution in [0.3, 0.4) is 0 Å². The number of imidazole rings is 1. The number of hydrogen-bond acceptors (Lipinski definition) is 8. The Hall–Kier alpha value is -2.04. The summed E-state index contributed by atoms with van der Waals surface area (Å²) in [5.74, 6) is 0.141. The first kappa shape index (κ1) is 14.9. The lowest BCUT2D eigenvalue weighted by atomic mass is 10.1. The first-order chi connectivity index (χ1) is 10.6. The van der Waals surface area contributed by atoms with Gasteiger partial charge < -0.3 is 25.4 Å². The van der Waals surface area contributed by atoms with E-state index in [1.165, 1.54) is 10.9 Å². The molecule has 2 aromatic heterocycles. The van der Waals surface area contributed by atoms with E-state index in [0.717, 1.165) is 0 Å². The second-order valence-electron chi connectivity index (χ2n) is 4.83. The maximum Gasteiger partial charge on any atom is 0.247 e. The predicted octanol–water partition coefficient (Wildman–Crippen LogP) is -0.604. The molecule has 10 heteroatoms. The van der Waals surface area contributed by atoms with E-state index in [0.29, 0.717) is 12.1 Å². The quantitative estimate of drug-likeness (QED) is 0.682. The summed E-state index contributed by atoms with van der Waals surface area (Å²) in [6.07, 6.45) is -4.03. The van der Waals surface area contributed by atoms with Gasteiger partial charge >= 0.3 is 0 Å². The molecule has 1 saturated heterocycles. The van der Waals surface area contributed by atoms with Gasteiger partial charge in [-0.25, -0.2) is 9.37 Å². The number of halogens is 1. The van der Waals surface area contributed by atoms with Crippen LogP contribution in [0.4, 0.5) is 10.3 Å². The van der Waals surface area contributed by atoms with Crippen LogP contribution in [0, 0.1) is 0 Å². The number of alkyl halides is 1.